The molecule has 0 aliphatic rings. The van der Waals surface area contributed by atoms with Gasteiger partial charge < -0.3 is 14.8 Å². The number of aromatic nitrogens is 1. The second kappa shape index (κ2) is 9.81. The Hall–Kier alpha value is -3.75. The van der Waals surface area contributed by atoms with Crippen molar-refractivity contribution in [1.82, 2.24) is 4.98 Å². The van der Waals surface area contributed by atoms with Gasteiger partial charge in [0.1, 0.15) is 5.56 Å². The molecule has 1 aromatic heterocycles. The van der Waals surface area contributed by atoms with Gasteiger partial charge in [-0.25, -0.2) is 4.98 Å². The molecule has 170 valence electrons. The van der Waals surface area contributed by atoms with Gasteiger partial charge in [0.25, 0.3) is 5.91 Å². The number of hydrogen-bond acceptors (Lipinski definition) is 7. The number of nitriles is 1. The third-order valence-corrected chi connectivity index (χ3v) is 5.09. The van der Waals surface area contributed by atoms with E-state index in [1.807, 2.05) is 6.07 Å². The highest BCUT2D eigenvalue weighted by atomic mass is 32.2. The zero-order valence-corrected chi connectivity index (χ0v) is 18.2. The van der Waals surface area contributed by atoms with Gasteiger partial charge in [0.15, 0.2) is 11.5 Å². The maximum atomic E-state index is 13.5. The highest BCUT2D eigenvalue weighted by Crippen LogP contribution is 2.38. The third-order valence-electron chi connectivity index (χ3n) is 4.56. The average molecular weight is 474 g/mol. The molecule has 0 aliphatic heterocycles. The Morgan fingerprint density at radius 2 is 1.97 bits per heavy atom. The predicted octanol–water partition coefficient (Wildman–Crippen LogP) is 5.30. The number of amides is 1. The Kier molecular flexibility index (Phi) is 7.10. The molecule has 0 radical (unpaired) electrons. The van der Waals surface area contributed by atoms with Crippen molar-refractivity contribution in [2.45, 2.75) is 18.0 Å². The largest absolute Gasteiger partial charge is 0.493 e. The first-order valence-corrected chi connectivity index (χ1v) is 10.2. The van der Waals surface area contributed by atoms with E-state index in [0.29, 0.717) is 16.8 Å². The molecule has 1 heterocycles. The number of nitrogens with one attached hydrogen (secondary N) is 1. The molecule has 7 nitrogen and oxygen atoms in total. The number of carbonyl (C=O) groups is 1. The van der Waals surface area contributed by atoms with Gasteiger partial charge in [0.2, 0.25) is 5.88 Å². The lowest BCUT2D eigenvalue weighted by Gasteiger charge is -2.18. The van der Waals surface area contributed by atoms with Crippen molar-refractivity contribution in [3.05, 3.63) is 70.9 Å². The van der Waals surface area contributed by atoms with Crippen LogP contribution in [0.4, 0.5) is 18.9 Å². The van der Waals surface area contributed by atoms with Crippen LogP contribution in [0.2, 0.25) is 0 Å². The van der Waals surface area contributed by atoms with Gasteiger partial charge in [-0.1, -0.05) is 6.07 Å². The van der Waals surface area contributed by atoms with Gasteiger partial charge >= 0.3 is 6.18 Å². The van der Waals surface area contributed by atoms with Crippen LogP contribution in [0.25, 0.3) is 0 Å². The highest BCUT2D eigenvalue weighted by molar-refractivity contribution is 7.97. The first-order chi connectivity index (χ1) is 15.7. The molecule has 0 fully saturated rings. The quantitative estimate of drug-likeness (QED) is 0.467. The summed E-state index contributed by atoms with van der Waals surface area (Å²) in [5.74, 6) is -0.996. The molecule has 0 spiro atoms. The lowest BCUT2D eigenvalue weighted by molar-refractivity contribution is -0.138. The molecule has 3 aromatic rings. The van der Waals surface area contributed by atoms with Crippen LogP contribution in [0.15, 0.2) is 53.6 Å². The Morgan fingerprint density at radius 1 is 1.21 bits per heavy atom. The van der Waals surface area contributed by atoms with E-state index < -0.39 is 23.2 Å². The van der Waals surface area contributed by atoms with Crippen molar-refractivity contribution in [3.63, 3.8) is 0 Å². The number of carbonyl (C=O) groups excluding carboxylic acids is 1. The molecule has 0 saturated heterocycles. The van der Waals surface area contributed by atoms with E-state index >= 15 is 0 Å². The Morgan fingerprint density at radius 3 is 2.61 bits per heavy atom. The number of benzene rings is 2. The van der Waals surface area contributed by atoms with Crippen LogP contribution in [0, 0.1) is 18.3 Å². The molecule has 33 heavy (non-hydrogen) atoms. The normalized spacial score (nSPS) is 10.9. The van der Waals surface area contributed by atoms with E-state index in [0.717, 1.165) is 18.9 Å². The van der Waals surface area contributed by atoms with E-state index in [4.69, 9.17) is 19.9 Å². The Bertz CT molecular complexity index is 1240. The first-order valence-electron chi connectivity index (χ1n) is 9.29. The number of ether oxygens (including phenoxy) is 2. The number of nitrogens with two attached hydrogens (primary N) is 1. The van der Waals surface area contributed by atoms with E-state index in [9.17, 15) is 18.0 Å². The van der Waals surface area contributed by atoms with Crippen molar-refractivity contribution in [3.8, 4) is 23.4 Å². The summed E-state index contributed by atoms with van der Waals surface area (Å²) in [7, 11) is 1.34. The summed E-state index contributed by atoms with van der Waals surface area (Å²) in [6.45, 7) is 1.16. The van der Waals surface area contributed by atoms with Crippen molar-refractivity contribution in [2.24, 2.45) is 5.14 Å². The van der Waals surface area contributed by atoms with Crippen LogP contribution in [-0.4, -0.2) is 18.0 Å². The SMILES string of the molecule is COc1cc(C#N)ccc1Oc1ncc(C(F)(F)F)c(C)c1C(=O)Nc1cccc(SN)c1. The molecule has 0 bridgehead atoms. The zero-order valence-electron chi connectivity index (χ0n) is 17.4. The zero-order chi connectivity index (χ0) is 24.2. The summed E-state index contributed by atoms with van der Waals surface area (Å²) in [6, 6.07) is 12.7. The average Bonchev–Trinajstić information content (AvgIpc) is 2.78. The highest BCUT2D eigenvalue weighted by Gasteiger charge is 2.36. The molecule has 2 aromatic carbocycles. The van der Waals surface area contributed by atoms with Crippen molar-refractivity contribution in [1.29, 1.82) is 5.26 Å². The molecule has 0 unspecified atom stereocenters. The lowest BCUT2D eigenvalue weighted by atomic mass is 10.0. The maximum Gasteiger partial charge on any atom is 0.418 e. The van der Waals surface area contributed by atoms with Crippen molar-refractivity contribution in [2.75, 3.05) is 12.4 Å². The maximum absolute atomic E-state index is 13.5. The minimum atomic E-state index is -4.73. The second-order valence-electron chi connectivity index (χ2n) is 6.65. The summed E-state index contributed by atoms with van der Waals surface area (Å²) < 4.78 is 51.4. The first kappa shape index (κ1) is 23.9. The Balaban J connectivity index is 2.08. The van der Waals surface area contributed by atoms with Gasteiger partial charge in [-0.3, -0.25) is 9.93 Å². The number of methoxy groups -OCH3 is 1. The summed E-state index contributed by atoms with van der Waals surface area (Å²) in [6.07, 6.45) is -4.13. The van der Waals surface area contributed by atoms with Crippen LogP contribution >= 0.6 is 11.9 Å². The second-order valence-corrected chi connectivity index (χ2v) is 7.36. The summed E-state index contributed by atoms with van der Waals surface area (Å²) in [5, 5.41) is 17.1. The van der Waals surface area contributed by atoms with E-state index in [-0.39, 0.29) is 28.5 Å². The third kappa shape index (κ3) is 5.36. The fourth-order valence-corrected chi connectivity index (χ4v) is 3.33. The Labute approximate surface area is 191 Å². The van der Waals surface area contributed by atoms with Crippen molar-refractivity contribution >= 4 is 23.5 Å². The van der Waals surface area contributed by atoms with Crippen LogP contribution in [-0.2, 0) is 6.18 Å². The van der Waals surface area contributed by atoms with E-state index in [1.165, 1.54) is 25.3 Å². The number of halogens is 3. The fraction of sp³-hybridized carbons (Fsp3) is 0.136. The smallest absolute Gasteiger partial charge is 0.418 e. The number of rotatable bonds is 6. The topological polar surface area (TPSA) is 110 Å². The molecular weight excluding hydrogens is 457 g/mol. The minimum Gasteiger partial charge on any atom is -0.493 e. The summed E-state index contributed by atoms with van der Waals surface area (Å²) in [5.41, 5.74) is -1.22. The van der Waals surface area contributed by atoms with Crippen molar-refractivity contribution < 1.29 is 27.4 Å². The van der Waals surface area contributed by atoms with Gasteiger partial charge in [-0.05, 0) is 54.8 Å². The van der Waals surface area contributed by atoms with E-state index in [2.05, 4.69) is 10.3 Å². The van der Waals surface area contributed by atoms with Crippen LogP contribution < -0.4 is 19.9 Å². The van der Waals surface area contributed by atoms with Gasteiger partial charge in [-0.15, -0.1) is 0 Å². The van der Waals surface area contributed by atoms with Crippen LogP contribution in [0.5, 0.6) is 17.4 Å². The predicted molar refractivity (Wildman–Crippen MR) is 116 cm³/mol. The van der Waals surface area contributed by atoms with E-state index in [1.54, 1.807) is 24.3 Å². The molecule has 11 heteroatoms. The minimum absolute atomic E-state index is 0.0683. The fourth-order valence-electron chi connectivity index (χ4n) is 2.98. The lowest BCUT2D eigenvalue weighted by Crippen LogP contribution is -2.19. The monoisotopic (exact) mass is 474 g/mol. The number of hydrogen-bond donors (Lipinski definition) is 2. The molecule has 3 N–H and O–H groups in total. The summed E-state index contributed by atoms with van der Waals surface area (Å²) in [4.78, 5) is 17.5. The van der Waals surface area contributed by atoms with Crippen LogP contribution in [0.3, 0.4) is 0 Å². The number of alkyl halides is 3. The van der Waals surface area contributed by atoms with Gasteiger partial charge in [0.05, 0.1) is 24.3 Å². The standard InChI is InChI=1S/C22H17F3N4O3S/c1-12-16(22(23,24)25)11-28-21(32-17-7-6-13(10-26)8-18(17)31-2)19(12)20(30)29-14-4-3-5-15(9-14)33-27/h3-9,11H,27H2,1-2H3,(H,29,30). The number of pyridine rings is 1. The molecule has 0 atom stereocenters. The van der Waals surface area contributed by atoms with Crippen LogP contribution in [0.1, 0.15) is 27.0 Å². The molecule has 1 amide bonds. The number of anilines is 1. The molecule has 3 rings (SSSR count). The van der Waals surface area contributed by atoms with Gasteiger partial charge in [0, 0.05) is 22.8 Å². The molecular formula is C22H17F3N4O3S. The molecule has 0 aliphatic carbocycles. The van der Waals surface area contributed by atoms with Gasteiger partial charge in [-0.2, -0.15) is 18.4 Å². The number of nitrogens with zero attached hydrogens (tertiary/aromatic N) is 2. The molecule has 0 saturated carbocycles. The summed E-state index contributed by atoms with van der Waals surface area (Å²) >= 11 is 0.953.